The first-order valence-electron chi connectivity index (χ1n) is 6.57. The molecule has 2 aromatic carbocycles. The number of aromatic nitrogens is 2. The number of aryl methyl sites for hydroxylation is 2. The predicted octanol–water partition coefficient (Wildman–Crippen LogP) is 3.50. The van der Waals surface area contributed by atoms with Gasteiger partial charge in [0.15, 0.2) is 0 Å². The molecule has 0 saturated carbocycles. The Morgan fingerprint density at radius 2 is 1.95 bits per heavy atom. The van der Waals surface area contributed by atoms with Gasteiger partial charge in [0, 0.05) is 11.0 Å². The Kier molecular flexibility index (Phi) is 3.63. The number of imidazole rings is 1. The smallest absolute Gasteiger partial charge is 0.201 e. The first-order chi connectivity index (χ1) is 10.2. The van der Waals surface area contributed by atoms with Crippen LogP contribution in [0.25, 0.3) is 11.0 Å². The zero-order valence-electron chi connectivity index (χ0n) is 11.3. The van der Waals surface area contributed by atoms with Gasteiger partial charge in [-0.3, -0.25) is 0 Å². The number of nitrogen functional groups attached to an aromatic ring is 1. The monoisotopic (exact) mass is 340 g/mol. The molecule has 0 aliphatic carbocycles. The number of hydrogen-bond acceptors (Lipinski definition) is 3. The largest absolute Gasteiger partial charge is 0.369 e. The van der Waals surface area contributed by atoms with Crippen molar-refractivity contribution in [1.29, 1.82) is 5.26 Å². The van der Waals surface area contributed by atoms with E-state index >= 15 is 0 Å². The van der Waals surface area contributed by atoms with Gasteiger partial charge in [-0.2, -0.15) is 5.26 Å². The van der Waals surface area contributed by atoms with Crippen LogP contribution >= 0.6 is 15.9 Å². The van der Waals surface area contributed by atoms with Crippen molar-refractivity contribution in [1.82, 2.24) is 9.55 Å². The fourth-order valence-electron chi connectivity index (χ4n) is 2.34. The number of fused-ring (bicyclic) bond motifs is 1. The van der Waals surface area contributed by atoms with Crippen molar-refractivity contribution in [2.24, 2.45) is 0 Å². The minimum atomic E-state index is 0.484. The van der Waals surface area contributed by atoms with Gasteiger partial charge in [-0.05, 0) is 42.3 Å². The molecule has 0 aliphatic heterocycles. The Labute approximate surface area is 131 Å². The summed E-state index contributed by atoms with van der Waals surface area (Å²) in [4.78, 5) is 4.33. The molecule has 1 aromatic heterocycles. The van der Waals surface area contributed by atoms with Crippen LogP contribution in [0, 0.1) is 11.3 Å². The normalized spacial score (nSPS) is 10.7. The van der Waals surface area contributed by atoms with E-state index in [0.29, 0.717) is 11.5 Å². The van der Waals surface area contributed by atoms with E-state index in [1.54, 1.807) is 12.1 Å². The fourth-order valence-corrected chi connectivity index (χ4v) is 2.61. The van der Waals surface area contributed by atoms with Crippen LogP contribution in [-0.2, 0) is 13.0 Å². The van der Waals surface area contributed by atoms with Crippen molar-refractivity contribution in [2.45, 2.75) is 13.0 Å². The SMILES string of the molecule is N#Cc1ccc2c(c1)nc(N)n2CCc1ccc(Br)cc1. The number of rotatable bonds is 3. The van der Waals surface area contributed by atoms with E-state index in [-0.39, 0.29) is 0 Å². The maximum atomic E-state index is 8.93. The van der Waals surface area contributed by atoms with Gasteiger partial charge in [0.25, 0.3) is 0 Å². The minimum absolute atomic E-state index is 0.484. The van der Waals surface area contributed by atoms with Gasteiger partial charge in [-0.15, -0.1) is 0 Å². The molecule has 0 bridgehead atoms. The van der Waals surface area contributed by atoms with Gasteiger partial charge in [-0.25, -0.2) is 4.98 Å². The van der Waals surface area contributed by atoms with Gasteiger partial charge < -0.3 is 10.3 Å². The van der Waals surface area contributed by atoms with Crippen molar-refractivity contribution in [3.8, 4) is 6.07 Å². The lowest BCUT2D eigenvalue weighted by atomic mass is 10.1. The Hall–Kier alpha value is -2.32. The highest BCUT2D eigenvalue weighted by atomic mass is 79.9. The third kappa shape index (κ3) is 2.76. The van der Waals surface area contributed by atoms with E-state index in [4.69, 9.17) is 11.0 Å². The number of anilines is 1. The summed E-state index contributed by atoms with van der Waals surface area (Å²) < 4.78 is 3.06. The van der Waals surface area contributed by atoms with E-state index in [1.807, 2.05) is 22.8 Å². The van der Waals surface area contributed by atoms with Crippen LogP contribution in [0.2, 0.25) is 0 Å². The quantitative estimate of drug-likeness (QED) is 0.793. The fraction of sp³-hybridized carbons (Fsp3) is 0.125. The first kappa shape index (κ1) is 13.7. The second-order valence-corrected chi connectivity index (χ2v) is 5.73. The third-order valence-electron chi connectivity index (χ3n) is 3.44. The number of nitrogens with two attached hydrogens (primary N) is 1. The Bertz CT molecular complexity index is 828. The summed E-state index contributed by atoms with van der Waals surface area (Å²) in [7, 11) is 0. The molecule has 0 aliphatic rings. The van der Waals surface area contributed by atoms with Gasteiger partial charge in [0.2, 0.25) is 5.95 Å². The van der Waals surface area contributed by atoms with Crippen molar-refractivity contribution in [3.05, 3.63) is 58.1 Å². The van der Waals surface area contributed by atoms with Crippen LogP contribution < -0.4 is 5.73 Å². The molecule has 104 valence electrons. The summed E-state index contributed by atoms with van der Waals surface area (Å²) in [5.41, 5.74) is 9.56. The molecule has 3 rings (SSSR count). The van der Waals surface area contributed by atoms with Crippen LogP contribution in [-0.4, -0.2) is 9.55 Å². The van der Waals surface area contributed by atoms with Crippen LogP contribution in [0.1, 0.15) is 11.1 Å². The van der Waals surface area contributed by atoms with Gasteiger partial charge in [0.05, 0.1) is 22.7 Å². The molecule has 0 spiro atoms. The highest BCUT2D eigenvalue weighted by Crippen LogP contribution is 2.20. The van der Waals surface area contributed by atoms with Crippen molar-refractivity contribution in [3.63, 3.8) is 0 Å². The third-order valence-corrected chi connectivity index (χ3v) is 3.97. The van der Waals surface area contributed by atoms with Gasteiger partial charge >= 0.3 is 0 Å². The number of nitriles is 1. The molecule has 0 radical (unpaired) electrons. The molecule has 0 saturated heterocycles. The van der Waals surface area contributed by atoms with E-state index in [1.165, 1.54) is 5.56 Å². The molecular formula is C16H13BrN4. The average Bonchev–Trinajstić information content (AvgIpc) is 2.81. The molecule has 4 nitrogen and oxygen atoms in total. The van der Waals surface area contributed by atoms with Crippen LogP contribution in [0.4, 0.5) is 5.95 Å². The second kappa shape index (κ2) is 5.58. The maximum absolute atomic E-state index is 8.93. The van der Waals surface area contributed by atoms with E-state index in [9.17, 15) is 0 Å². The molecule has 0 atom stereocenters. The summed E-state index contributed by atoms with van der Waals surface area (Å²) in [6.07, 6.45) is 0.878. The number of nitrogens with zero attached hydrogens (tertiary/aromatic N) is 3. The molecule has 3 aromatic rings. The number of hydrogen-bond donors (Lipinski definition) is 1. The molecule has 5 heteroatoms. The van der Waals surface area contributed by atoms with Crippen molar-refractivity contribution >= 4 is 32.9 Å². The summed E-state index contributed by atoms with van der Waals surface area (Å²) in [6.45, 7) is 0.760. The maximum Gasteiger partial charge on any atom is 0.201 e. The van der Waals surface area contributed by atoms with E-state index < -0.39 is 0 Å². The van der Waals surface area contributed by atoms with Gasteiger partial charge in [-0.1, -0.05) is 28.1 Å². The van der Waals surface area contributed by atoms with E-state index in [2.05, 4.69) is 39.1 Å². The molecule has 0 amide bonds. The Balaban J connectivity index is 1.88. The average molecular weight is 341 g/mol. The van der Waals surface area contributed by atoms with Crippen LogP contribution in [0.15, 0.2) is 46.9 Å². The topological polar surface area (TPSA) is 67.6 Å². The molecule has 0 unspecified atom stereocenters. The standard InChI is InChI=1S/C16H13BrN4/c17-13-4-1-11(2-5-13)7-8-21-15-6-3-12(10-18)9-14(15)20-16(21)19/h1-6,9H,7-8H2,(H2,19,20). The first-order valence-corrected chi connectivity index (χ1v) is 7.37. The predicted molar refractivity (Wildman–Crippen MR) is 86.7 cm³/mol. The van der Waals surface area contributed by atoms with Crippen LogP contribution in [0.5, 0.6) is 0 Å². The Morgan fingerprint density at radius 3 is 2.67 bits per heavy atom. The zero-order chi connectivity index (χ0) is 14.8. The molecule has 21 heavy (non-hydrogen) atoms. The molecule has 2 N–H and O–H groups in total. The molecule has 1 heterocycles. The molecular weight excluding hydrogens is 328 g/mol. The van der Waals surface area contributed by atoms with Crippen molar-refractivity contribution < 1.29 is 0 Å². The van der Waals surface area contributed by atoms with Crippen LogP contribution in [0.3, 0.4) is 0 Å². The lowest BCUT2D eigenvalue weighted by Crippen LogP contribution is -2.05. The lowest BCUT2D eigenvalue weighted by molar-refractivity contribution is 0.726. The van der Waals surface area contributed by atoms with E-state index in [0.717, 1.165) is 28.5 Å². The Morgan fingerprint density at radius 1 is 1.19 bits per heavy atom. The number of benzene rings is 2. The summed E-state index contributed by atoms with van der Waals surface area (Å²) >= 11 is 3.43. The molecule has 0 fully saturated rings. The minimum Gasteiger partial charge on any atom is -0.369 e. The van der Waals surface area contributed by atoms with Crippen molar-refractivity contribution in [2.75, 3.05) is 5.73 Å². The highest BCUT2D eigenvalue weighted by Gasteiger charge is 2.08. The number of halogens is 1. The van der Waals surface area contributed by atoms with Gasteiger partial charge in [0.1, 0.15) is 0 Å². The summed E-state index contributed by atoms with van der Waals surface area (Å²) in [6, 6.07) is 15.8. The highest BCUT2D eigenvalue weighted by molar-refractivity contribution is 9.10. The second-order valence-electron chi connectivity index (χ2n) is 4.81. The summed E-state index contributed by atoms with van der Waals surface area (Å²) in [5.74, 6) is 0.484. The zero-order valence-corrected chi connectivity index (χ0v) is 12.8. The lowest BCUT2D eigenvalue weighted by Gasteiger charge is -2.07. The summed E-state index contributed by atoms with van der Waals surface area (Å²) in [5, 5.41) is 8.93.